The topological polar surface area (TPSA) is 12.0 Å². The van der Waals surface area contributed by atoms with Gasteiger partial charge in [0.15, 0.2) is 0 Å². The quantitative estimate of drug-likeness (QED) is 0.677. The molecule has 2 rings (SSSR count). The molecule has 1 heterocycles. The molecule has 1 aromatic carbocycles. The minimum absolute atomic E-state index is 0. The number of piperidine rings is 1. The first-order chi connectivity index (χ1) is 6.45. The summed E-state index contributed by atoms with van der Waals surface area (Å²) in [7, 11) is 0. The molecule has 78 valence electrons. The number of rotatable bonds is 2. The average molecular weight is 211 g/mol. The van der Waals surface area contributed by atoms with Gasteiger partial charge in [0.05, 0.1) is 0 Å². The molecule has 2 heteroatoms. The molecule has 1 aromatic rings. The number of benzene rings is 1. The van der Waals surface area contributed by atoms with Crippen LogP contribution in [0.4, 0.5) is 0 Å². The minimum atomic E-state index is 0. The minimum Gasteiger partial charge on any atom is -1.00 e. The van der Waals surface area contributed by atoms with E-state index < -0.39 is 0 Å². The Kier molecular flexibility index (Phi) is 4.99. The normalized spacial score (nSPS) is 21.3. The van der Waals surface area contributed by atoms with Crippen LogP contribution >= 0.6 is 0 Å². The highest BCUT2D eigenvalue weighted by Crippen LogP contribution is 2.15. The standard InChI is InChI=1S/C12H17N.ClH/c1-2-5-11(6-3-1)9-12-7-4-8-13-10-12;/h1-3,5-6,12-13H,4,7-10H2;1H/p-1. The number of nitrogens with one attached hydrogen (secondary N) is 1. The summed E-state index contributed by atoms with van der Waals surface area (Å²) in [5, 5.41) is 3.46. The number of hydrogen-bond acceptors (Lipinski definition) is 1. The van der Waals surface area contributed by atoms with Gasteiger partial charge in [0.1, 0.15) is 0 Å². The number of hydrogen-bond donors (Lipinski definition) is 1. The van der Waals surface area contributed by atoms with Gasteiger partial charge in [-0.25, -0.2) is 0 Å². The Morgan fingerprint density at radius 1 is 1.21 bits per heavy atom. The second kappa shape index (κ2) is 6.05. The zero-order chi connectivity index (χ0) is 8.93. The second-order valence-electron chi connectivity index (χ2n) is 3.90. The van der Waals surface area contributed by atoms with E-state index >= 15 is 0 Å². The monoisotopic (exact) mass is 210 g/mol. The fourth-order valence-corrected chi connectivity index (χ4v) is 2.05. The van der Waals surface area contributed by atoms with Crippen molar-refractivity contribution in [1.29, 1.82) is 0 Å². The van der Waals surface area contributed by atoms with Gasteiger partial charge in [-0.05, 0) is 43.8 Å². The van der Waals surface area contributed by atoms with Gasteiger partial charge in [-0.2, -0.15) is 0 Å². The molecule has 1 fully saturated rings. The molecule has 1 unspecified atom stereocenters. The maximum Gasteiger partial charge on any atom is -0.00173 e. The van der Waals surface area contributed by atoms with Crippen LogP contribution < -0.4 is 17.7 Å². The van der Waals surface area contributed by atoms with Gasteiger partial charge in [-0.15, -0.1) is 0 Å². The van der Waals surface area contributed by atoms with Crippen LogP contribution in [0.5, 0.6) is 0 Å². The van der Waals surface area contributed by atoms with Crippen molar-refractivity contribution in [2.75, 3.05) is 13.1 Å². The zero-order valence-corrected chi connectivity index (χ0v) is 9.13. The molecule has 0 saturated carbocycles. The summed E-state index contributed by atoms with van der Waals surface area (Å²) in [6.45, 7) is 2.42. The molecule has 0 radical (unpaired) electrons. The van der Waals surface area contributed by atoms with E-state index in [4.69, 9.17) is 0 Å². The van der Waals surface area contributed by atoms with E-state index in [1.807, 2.05) is 0 Å². The summed E-state index contributed by atoms with van der Waals surface area (Å²) < 4.78 is 0. The SMILES string of the molecule is [Cl-].c1ccc(CC2CCCNC2)cc1. The lowest BCUT2D eigenvalue weighted by Crippen LogP contribution is -3.00. The third-order valence-electron chi connectivity index (χ3n) is 2.77. The highest BCUT2D eigenvalue weighted by atomic mass is 35.5. The summed E-state index contributed by atoms with van der Waals surface area (Å²) >= 11 is 0. The van der Waals surface area contributed by atoms with E-state index in [0.29, 0.717) is 0 Å². The zero-order valence-electron chi connectivity index (χ0n) is 8.38. The van der Waals surface area contributed by atoms with Crippen LogP contribution in [0.2, 0.25) is 0 Å². The highest BCUT2D eigenvalue weighted by molar-refractivity contribution is 5.15. The van der Waals surface area contributed by atoms with Crippen molar-refractivity contribution in [2.45, 2.75) is 19.3 Å². The molecule has 0 spiro atoms. The summed E-state index contributed by atoms with van der Waals surface area (Å²) in [5.74, 6) is 0.858. The van der Waals surface area contributed by atoms with Crippen molar-refractivity contribution in [3.8, 4) is 0 Å². The summed E-state index contributed by atoms with van der Waals surface area (Å²) in [4.78, 5) is 0. The van der Waals surface area contributed by atoms with Crippen LogP contribution in [0.15, 0.2) is 30.3 Å². The van der Waals surface area contributed by atoms with Crippen LogP contribution in [-0.2, 0) is 6.42 Å². The van der Waals surface area contributed by atoms with Crippen LogP contribution in [0, 0.1) is 5.92 Å². The van der Waals surface area contributed by atoms with Gasteiger partial charge in [0.2, 0.25) is 0 Å². The van der Waals surface area contributed by atoms with Crippen LogP contribution in [0.3, 0.4) is 0 Å². The average Bonchev–Trinajstić information content (AvgIpc) is 2.21. The summed E-state index contributed by atoms with van der Waals surface area (Å²) in [6, 6.07) is 10.8. The van der Waals surface area contributed by atoms with Crippen molar-refractivity contribution in [3.63, 3.8) is 0 Å². The van der Waals surface area contributed by atoms with Crippen molar-refractivity contribution in [2.24, 2.45) is 5.92 Å². The Hall–Kier alpha value is -0.530. The molecular formula is C12H17ClN-. The second-order valence-corrected chi connectivity index (χ2v) is 3.90. The van der Waals surface area contributed by atoms with Crippen molar-refractivity contribution >= 4 is 0 Å². The van der Waals surface area contributed by atoms with Gasteiger partial charge >= 0.3 is 0 Å². The van der Waals surface area contributed by atoms with Gasteiger partial charge in [0.25, 0.3) is 0 Å². The van der Waals surface area contributed by atoms with Crippen LogP contribution in [0.1, 0.15) is 18.4 Å². The Bertz CT molecular complexity index is 242. The first-order valence-electron chi connectivity index (χ1n) is 5.20. The molecule has 0 bridgehead atoms. The molecule has 0 amide bonds. The Balaban J connectivity index is 0.000000980. The third kappa shape index (κ3) is 3.32. The predicted molar refractivity (Wildman–Crippen MR) is 55.7 cm³/mol. The van der Waals surface area contributed by atoms with Gasteiger partial charge < -0.3 is 17.7 Å². The fourth-order valence-electron chi connectivity index (χ4n) is 2.05. The Labute approximate surface area is 92.3 Å². The lowest BCUT2D eigenvalue weighted by atomic mass is 9.92. The predicted octanol–water partition coefficient (Wildman–Crippen LogP) is -0.767. The lowest BCUT2D eigenvalue weighted by molar-refractivity contribution is -0.00000273. The van der Waals surface area contributed by atoms with Gasteiger partial charge in [-0.3, -0.25) is 0 Å². The van der Waals surface area contributed by atoms with E-state index in [-0.39, 0.29) is 12.4 Å². The molecule has 14 heavy (non-hydrogen) atoms. The van der Waals surface area contributed by atoms with Crippen molar-refractivity contribution < 1.29 is 12.4 Å². The molecule has 1 atom stereocenters. The van der Waals surface area contributed by atoms with Gasteiger partial charge in [-0.1, -0.05) is 30.3 Å². The smallest absolute Gasteiger partial charge is 0.00173 e. The molecule has 1 aliphatic heterocycles. The van der Waals surface area contributed by atoms with E-state index in [1.54, 1.807) is 0 Å². The summed E-state index contributed by atoms with van der Waals surface area (Å²) in [5.41, 5.74) is 1.48. The first-order valence-corrected chi connectivity index (χ1v) is 5.20. The molecule has 1 nitrogen and oxygen atoms in total. The molecular weight excluding hydrogens is 194 g/mol. The van der Waals surface area contributed by atoms with Gasteiger partial charge in [0, 0.05) is 0 Å². The van der Waals surface area contributed by atoms with Crippen molar-refractivity contribution in [3.05, 3.63) is 35.9 Å². The number of halogens is 1. The van der Waals surface area contributed by atoms with E-state index in [9.17, 15) is 0 Å². The molecule has 0 aromatic heterocycles. The molecule has 1 saturated heterocycles. The first kappa shape index (κ1) is 11.5. The van der Waals surface area contributed by atoms with Crippen molar-refractivity contribution in [1.82, 2.24) is 5.32 Å². The van der Waals surface area contributed by atoms with E-state index in [2.05, 4.69) is 35.6 Å². The van der Waals surface area contributed by atoms with E-state index in [0.717, 1.165) is 5.92 Å². The third-order valence-corrected chi connectivity index (χ3v) is 2.77. The molecule has 1 N–H and O–H groups in total. The maximum atomic E-state index is 3.46. The molecule has 0 aliphatic carbocycles. The Morgan fingerprint density at radius 2 is 2.00 bits per heavy atom. The summed E-state index contributed by atoms with van der Waals surface area (Å²) in [6.07, 6.45) is 3.98. The van der Waals surface area contributed by atoms with E-state index in [1.165, 1.54) is 37.9 Å². The fraction of sp³-hybridized carbons (Fsp3) is 0.500. The van der Waals surface area contributed by atoms with Crippen LogP contribution in [0.25, 0.3) is 0 Å². The lowest BCUT2D eigenvalue weighted by Gasteiger charge is -2.22. The maximum absolute atomic E-state index is 3.46. The van der Waals surface area contributed by atoms with Crippen LogP contribution in [-0.4, -0.2) is 13.1 Å². The largest absolute Gasteiger partial charge is 1.00 e. The Morgan fingerprint density at radius 3 is 2.64 bits per heavy atom. The highest BCUT2D eigenvalue weighted by Gasteiger charge is 2.12. The molecule has 1 aliphatic rings.